The summed E-state index contributed by atoms with van der Waals surface area (Å²) in [4.78, 5) is 11.9. The Bertz CT molecular complexity index is 789. The Kier molecular flexibility index (Phi) is 5.48. The van der Waals surface area contributed by atoms with Crippen LogP contribution in [0.5, 0.6) is 5.75 Å². The fourth-order valence-corrected chi connectivity index (χ4v) is 1.91. The van der Waals surface area contributed by atoms with Gasteiger partial charge in [-0.2, -0.15) is 13.2 Å². The van der Waals surface area contributed by atoms with Gasteiger partial charge in [0.15, 0.2) is 0 Å². The summed E-state index contributed by atoms with van der Waals surface area (Å²) in [5, 5.41) is 2.58. The maximum Gasteiger partial charge on any atom is 0.416 e. The van der Waals surface area contributed by atoms with E-state index in [0.717, 1.165) is 12.1 Å². The number of hydrogen-bond donors (Lipinski definition) is 1. The highest BCUT2D eigenvalue weighted by Crippen LogP contribution is 2.29. The SMILES string of the molecule is COc1cccc(C(=O)NCC#Cc2cccc(C(F)(F)F)c2)c1. The monoisotopic (exact) mass is 333 g/mol. The van der Waals surface area contributed by atoms with Gasteiger partial charge in [0, 0.05) is 11.1 Å². The molecule has 0 fully saturated rings. The number of amides is 1. The lowest BCUT2D eigenvalue weighted by molar-refractivity contribution is -0.137. The van der Waals surface area contributed by atoms with Crippen molar-refractivity contribution in [1.82, 2.24) is 5.32 Å². The van der Waals surface area contributed by atoms with Crippen LogP contribution in [0.2, 0.25) is 0 Å². The van der Waals surface area contributed by atoms with Crippen LogP contribution in [0.25, 0.3) is 0 Å². The number of nitrogens with one attached hydrogen (secondary N) is 1. The number of halogens is 3. The molecule has 0 unspecified atom stereocenters. The molecule has 0 heterocycles. The van der Waals surface area contributed by atoms with Crippen molar-refractivity contribution in [2.24, 2.45) is 0 Å². The summed E-state index contributed by atoms with van der Waals surface area (Å²) in [6.07, 6.45) is -4.40. The molecule has 1 amide bonds. The van der Waals surface area contributed by atoms with Gasteiger partial charge in [-0.05, 0) is 36.4 Å². The summed E-state index contributed by atoms with van der Waals surface area (Å²) in [5.41, 5.74) is -0.106. The van der Waals surface area contributed by atoms with E-state index >= 15 is 0 Å². The van der Waals surface area contributed by atoms with Crippen molar-refractivity contribution in [3.8, 4) is 17.6 Å². The van der Waals surface area contributed by atoms with E-state index in [9.17, 15) is 18.0 Å². The lowest BCUT2D eigenvalue weighted by Gasteiger charge is -2.06. The Morgan fingerprint density at radius 3 is 2.62 bits per heavy atom. The summed E-state index contributed by atoms with van der Waals surface area (Å²) < 4.78 is 42.8. The Morgan fingerprint density at radius 1 is 1.17 bits per heavy atom. The topological polar surface area (TPSA) is 38.3 Å². The zero-order valence-electron chi connectivity index (χ0n) is 12.8. The standard InChI is InChI=1S/C18H14F3NO2/c1-24-16-9-3-7-14(12-16)17(23)22-10-4-6-13-5-2-8-15(11-13)18(19,20)21/h2-3,5,7-9,11-12H,10H2,1H3,(H,22,23). The molecule has 0 atom stereocenters. The predicted octanol–water partition coefficient (Wildman–Crippen LogP) is 3.50. The molecule has 0 saturated carbocycles. The van der Waals surface area contributed by atoms with Crippen molar-refractivity contribution in [3.05, 3.63) is 65.2 Å². The summed E-state index contributed by atoms with van der Waals surface area (Å²) in [5.74, 6) is 5.44. The van der Waals surface area contributed by atoms with E-state index in [4.69, 9.17) is 4.74 Å². The van der Waals surface area contributed by atoms with Crippen molar-refractivity contribution < 1.29 is 22.7 Å². The normalized spacial score (nSPS) is 10.5. The zero-order chi connectivity index (χ0) is 17.6. The molecule has 2 rings (SSSR count). The molecule has 1 N–H and O–H groups in total. The van der Waals surface area contributed by atoms with Crippen molar-refractivity contribution in [2.45, 2.75) is 6.18 Å². The van der Waals surface area contributed by atoms with Gasteiger partial charge in [0.1, 0.15) is 5.75 Å². The second kappa shape index (κ2) is 7.55. The quantitative estimate of drug-likeness (QED) is 0.873. The van der Waals surface area contributed by atoms with Gasteiger partial charge in [0.05, 0.1) is 19.2 Å². The largest absolute Gasteiger partial charge is 0.497 e. The van der Waals surface area contributed by atoms with Crippen LogP contribution in [0.1, 0.15) is 21.5 Å². The van der Waals surface area contributed by atoms with Gasteiger partial charge in [-0.15, -0.1) is 0 Å². The fraction of sp³-hybridized carbons (Fsp3) is 0.167. The van der Waals surface area contributed by atoms with Crippen LogP contribution in [0.3, 0.4) is 0 Å². The smallest absolute Gasteiger partial charge is 0.416 e. The summed E-state index contributed by atoms with van der Waals surface area (Å²) in [6.45, 7) is 0.0201. The number of benzene rings is 2. The Morgan fingerprint density at radius 2 is 1.92 bits per heavy atom. The number of alkyl halides is 3. The summed E-state index contributed by atoms with van der Waals surface area (Å²) in [6, 6.07) is 11.3. The van der Waals surface area contributed by atoms with Gasteiger partial charge in [-0.1, -0.05) is 24.0 Å². The lowest BCUT2D eigenvalue weighted by Crippen LogP contribution is -2.23. The number of methoxy groups -OCH3 is 1. The minimum atomic E-state index is -4.40. The van der Waals surface area contributed by atoms with Crippen LogP contribution < -0.4 is 10.1 Å². The summed E-state index contributed by atoms with van der Waals surface area (Å²) in [7, 11) is 1.50. The molecule has 0 aromatic heterocycles. The maximum atomic E-state index is 12.6. The first kappa shape index (κ1) is 17.4. The first-order valence-electron chi connectivity index (χ1n) is 6.98. The number of carbonyl (C=O) groups excluding carboxylic acids is 1. The molecule has 24 heavy (non-hydrogen) atoms. The van der Waals surface area contributed by atoms with Crippen LogP contribution in [0, 0.1) is 11.8 Å². The third kappa shape index (κ3) is 4.78. The van der Waals surface area contributed by atoms with Gasteiger partial charge in [-0.25, -0.2) is 0 Å². The third-order valence-corrected chi connectivity index (χ3v) is 3.09. The molecule has 2 aromatic rings. The maximum absolute atomic E-state index is 12.6. The minimum absolute atomic E-state index is 0.0201. The van der Waals surface area contributed by atoms with E-state index < -0.39 is 11.7 Å². The number of carbonyl (C=O) groups is 1. The molecular formula is C18H14F3NO2. The van der Waals surface area contributed by atoms with Gasteiger partial charge < -0.3 is 10.1 Å². The molecule has 0 aliphatic carbocycles. The lowest BCUT2D eigenvalue weighted by atomic mass is 10.1. The fourth-order valence-electron chi connectivity index (χ4n) is 1.91. The van der Waals surface area contributed by atoms with Gasteiger partial charge in [0.2, 0.25) is 0 Å². The highest BCUT2D eigenvalue weighted by atomic mass is 19.4. The molecule has 0 bridgehead atoms. The minimum Gasteiger partial charge on any atom is -0.497 e. The average molecular weight is 333 g/mol. The molecule has 6 heteroatoms. The van der Waals surface area contributed by atoms with Crippen molar-refractivity contribution >= 4 is 5.91 Å². The van der Waals surface area contributed by atoms with Gasteiger partial charge >= 0.3 is 6.18 Å². The van der Waals surface area contributed by atoms with Crippen molar-refractivity contribution in [1.29, 1.82) is 0 Å². The van der Waals surface area contributed by atoms with Crippen molar-refractivity contribution in [2.75, 3.05) is 13.7 Å². The highest BCUT2D eigenvalue weighted by Gasteiger charge is 2.30. The van der Waals surface area contributed by atoms with E-state index in [1.165, 1.54) is 19.2 Å². The number of rotatable bonds is 3. The molecule has 0 aliphatic heterocycles. The van der Waals surface area contributed by atoms with Crippen LogP contribution in [0.4, 0.5) is 13.2 Å². The molecule has 124 valence electrons. The van der Waals surface area contributed by atoms with E-state index in [-0.39, 0.29) is 18.0 Å². The Balaban J connectivity index is 1.97. The molecular weight excluding hydrogens is 319 g/mol. The molecule has 0 aliphatic rings. The van der Waals surface area contributed by atoms with Gasteiger partial charge in [-0.3, -0.25) is 4.79 Å². The second-order valence-electron chi connectivity index (χ2n) is 4.79. The molecule has 0 spiro atoms. The van der Waals surface area contributed by atoms with E-state index in [1.807, 2.05) is 0 Å². The predicted molar refractivity (Wildman–Crippen MR) is 83.6 cm³/mol. The first-order chi connectivity index (χ1) is 11.4. The van der Waals surface area contributed by atoms with Crippen LogP contribution in [-0.4, -0.2) is 19.6 Å². The second-order valence-corrected chi connectivity index (χ2v) is 4.79. The van der Waals surface area contributed by atoms with E-state index in [0.29, 0.717) is 11.3 Å². The molecule has 0 radical (unpaired) electrons. The molecule has 0 saturated heterocycles. The van der Waals surface area contributed by atoms with E-state index in [1.54, 1.807) is 24.3 Å². The van der Waals surface area contributed by atoms with Crippen LogP contribution >= 0.6 is 0 Å². The zero-order valence-corrected chi connectivity index (χ0v) is 12.8. The first-order valence-corrected chi connectivity index (χ1v) is 6.98. The van der Waals surface area contributed by atoms with Gasteiger partial charge in [0.25, 0.3) is 5.91 Å². The summed E-state index contributed by atoms with van der Waals surface area (Å²) >= 11 is 0. The van der Waals surface area contributed by atoms with E-state index in [2.05, 4.69) is 17.2 Å². The average Bonchev–Trinajstić information content (AvgIpc) is 2.58. The van der Waals surface area contributed by atoms with Crippen LogP contribution in [-0.2, 0) is 6.18 Å². The number of hydrogen-bond acceptors (Lipinski definition) is 2. The highest BCUT2D eigenvalue weighted by molar-refractivity contribution is 5.94. The Labute approximate surface area is 137 Å². The van der Waals surface area contributed by atoms with Crippen molar-refractivity contribution in [3.63, 3.8) is 0 Å². The Hall–Kier alpha value is -2.94. The molecule has 3 nitrogen and oxygen atoms in total. The van der Waals surface area contributed by atoms with Crippen LogP contribution in [0.15, 0.2) is 48.5 Å². The number of ether oxygens (including phenoxy) is 1. The molecule has 2 aromatic carbocycles. The third-order valence-electron chi connectivity index (χ3n) is 3.09.